The Kier molecular flexibility index (Phi) is 5.30. The van der Waals surface area contributed by atoms with E-state index >= 15 is 0 Å². The van der Waals surface area contributed by atoms with Gasteiger partial charge in [0.05, 0.1) is 4.88 Å². The van der Waals surface area contributed by atoms with Crippen molar-refractivity contribution in [1.82, 2.24) is 4.90 Å². The molecule has 0 saturated carbocycles. The van der Waals surface area contributed by atoms with Gasteiger partial charge in [0.25, 0.3) is 5.91 Å². The van der Waals surface area contributed by atoms with Gasteiger partial charge in [0.1, 0.15) is 18.5 Å². The Bertz CT molecular complexity index is 750. The van der Waals surface area contributed by atoms with Crippen LogP contribution in [0.3, 0.4) is 0 Å². The predicted molar refractivity (Wildman–Crippen MR) is 92.3 cm³/mol. The summed E-state index contributed by atoms with van der Waals surface area (Å²) in [5, 5.41) is 1.84. The van der Waals surface area contributed by atoms with Gasteiger partial charge in [0.15, 0.2) is 0 Å². The van der Waals surface area contributed by atoms with Crippen LogP contribution in [0.25, 0.3) is 0 Å². The molecule has 0 spiro atoms. The van der Waals surface area contributed by atoms with E-state index < -0.39 is 12.0 Å². The molecule has 1 aliphatic heterocycles. The van der Waals surface area contributed by atoms with Crippen molar-refractivity contribution in [3.8, 4) is 0 Å². The molecule has 0 N–H and O–H groups in total. The van der Waals surface area contributed by atoms with Crippen molar-refractivity contribution in [2.24, 2.45) is 0 Å². The molecule has 0 radical (unpaired) electrons. The second-order valence-corrected chi connectivity index (χ2v) is 7.28. The summed E-state index contributed by atoms with van der Waals surface area (Å²) in [5.74, 6) is -0.915. The Balaban J connectivity index is 1.64. The molecule has 1 aromatic heterocycles. The first-order valence-electron chi connectivity index (χ1n) is 7.51. The highest BCUT2D eigenvalue weighted by Gasteiger charge is 2.36. The van der Waals surface area contributed by atoms with Crippen LogP contribution >= 0.6 is 27.3 Å². The fourth-order valence-corrected chi connectivity index (χ4v) is 3.82. The zero-order valence-electron chi connectivity index (χ0n) is 12.7. The SMILES string of the molecule is O=C(OCc1ccc(F)cc1Br)[C@@H]1CCCN1C(=O)c1cccs1. The number of esters is 1. The molecule has 3 rings (SSSR count). The molecule has 2 aromatic rings. The van der Waals surface area contributed by atoms with Crippen LogP contribution in [0.2, 0.25) is 0 Å². The van der Waals surface area contributed by atoms with Gasteiger partial charge in [-0.05, 0) is 36.4 Å². The summed E-state index contributed by atoms with van der Waals surface area (Å²) < 4.78 is 19.0. The Morgan fingerprint density at radius 2 is 2.21 bits per heavy atom. The van der Waals surface area contributed by atoms with Gasteiger partial charge in [-0.15, -0.1) is 11.3 Å². The molecule has 1 fully saturated rings. The molecule has 1 atom stereocenters. The standard InChI is InChI=1S/C17H15BrFNO3S/c18-13-9-12(19)6-5-11(13)10-23-17(22)14-3-1-7-20(14)16(21)15-4-2-8-24-15/h2,4-6,8-9,14H,1,3,7,10H2/t14-/m0/s1. The first-order valence-corrected chi connectivity index (χ1v) is 9.18. The number of hydrogen-bond donors (Lipinski definition) is 0. The number of likely N-dealkylation sites (tertiary alicyclic amines) is 1. The third-order valence-corrected chi connectivity index (χ3v) is 5.50. The summed E-state index contributed by atoms with van der Waals surface area (Å²) in [7, 11) is 0. The van der Waals surface area contributed by atoms with Crippen LogP contribution in [0.1, 0.15) is 28.1 Å². The number of benzene rings is 1. The second-order valence-electron chi connectivity index (χ2n) is 5.48. The number of halogens is 2. The molecule has 1 aliphatic rings. The van der Waals surface area contributed by atoms with E-state index in [9.17, 15) is 14.0 Å². The molecule has 126 valence electrons. The Hall–Kier alpha value is -1.73. The number of carbonyl (C=O) groups is 2. The van der Waals surface area contributed by atoms with Crippen LogP contribution in [0.5, 0.6) is 0 Å². The molecule has 24 heavy (non-hydrogen) atoms. The molecular weight excluding hydrogens is 397 g/mol. The van der Waals surface area contributed by atoms with Crippen LogP contribution in [0.15, 0.2) is 40.2 Å². The van der Waals surface area contributed by atoms with Gasteiger partial charge < -0.3 is 9.64 Å². The summed E-state index contributed by atoms with van der Waals surface area (Å²) in [6.45, 7) is 0.591. The number of amides is 1. The first-order chi connectivity index (χ1) is 11.6. The lowest BCUT2D eigenvalue weighted by molar-refractivity contribution is -0.149. The van der Waals surface area contributed by atoms with Gasteiger partial charge in [-0.2, -0.15) is 0 Å². The lowest BCUT2D eigenvalue weighted by Crippen LogP contribution is -2.41. The topological polar surface area (TPSA) is 46.6 Å². The third-order valence-electron chi connectivity index (χ3n) is 3.90. The van der Waals surface area contributed by atoms with E-state index in [0.29, 0.717) is 27.9 Å². The van der Waals surface area contributed by atoms with Crippen LogP contribution in [-0.4, -0.2) is 29.4 Å². The molecule has 4 nitrogen and oxygen atoms in total. The highest BCUT2D eigenvalue weighted by atomic mass is 79.9. The Labute approximate surface area is 151 Å². The minimum absolute atomic E-state index is 0.0389. The van der Waals surface area contributed by atoms with Crippen molar-refractivity contribution in [3.63, 3.8) is 0 Å². The van der Waals surface area contributed by atoms with Crippen molar-refractivity contribution in [2.75, 3.05) is 6.54 Å². The smallest absolute Gasteiger partial charge is 0.329 e. The normalized spacial score (nSPS) is 17.1. The van der Waals surface area contributed by atoms with E-state index in [4.69, 9.17) is 4.74 Å². The van der Waals surface area contributed by atoms with Gasteiger partial charge in [-0.25, -0.2) is 9.18 Å². The maximum atomic E-state index is 13.1. The third kappa shape index (κ3) is 3.67. The van der Waals surface area contributed by atoms with E-state index in [0.717, 1.165) is 6.42 Å². The van der Waals surface area contributed by atoms with Gasteiger partial charge in [-0.1, -0.05) is 28.1 Å². The monoisotopic (exact) mass is 411 g/mol. The maximum absolute atomic E-state index is 13.1. The number of thiophene rings is 1. The summed E-state index contributed by atoms with van der Waals surface area (Å²) in [6, 6.07) is 7.22. The molecule has 1 amide bonds. The van der Waals surface area contributed by atoms with Gasteiger partial charge >= 0.3 is 5.97 Å². The molecule has 7 heteroatoms. The summed E-state index contributed by atoms with van der Waals surface area (Å²) in [5.41, 5.74) is 0.680. The van der Waals surface area contributed by atoms with Crippen molar-refractivity contribution in [1.29, 1.82) is 0 Å². The second kappa shape index (κ2) is 7.44. The van der Waals surface area contributed by atoms with E-state index in [1.165, 1.54) is 23.5 Å². The van der Waals surface area contributed by atoms with Crippen molar-refractivity contribution < 1.29 is 18.7 Å². The molecule has 1 aromatic carbocycles. The fourth-order valence-electron chi connectivity index (χ4n) is 2.68. The minimum Gasteiger partial charge on any atom is -0.459 e. The number of rotatable bonds is 4. The van der Waals surface area contributed by atoms with Gasteiger partial charge in [0, 0.05) is 16.6 Å². The lowest BCUT2D eigenvalue weighted by Gasteiger charge is -2.22. The molecule has 0 aliphatic carbocycles. The Morgan fingerprint density at radius 1 is 1.38 bits per heavy atom. The molecule has 0 bridgehead atoms. The van der Waals surface area contributed by atoms with E-state index in [-0.39, 0.29) is 18.3 Å². The van der Waals surface area contributed by atoms with Crippen molar-refractivity contribution >= 4 is 39.1 Å². The van der Waals surface area contributed by atoms with Crippen molar-refractivity contribution in [3.05, 3.63) is 56.4 Å². The quantitative estimate of drug-likeness (QED) is 0.714. The maximum Gasteiger partial charge on any atom is 0.329 e. The number of carbonyl (C=O) groups excluding carboxylic acids is 2. The molecule has 1 saturated heterocycles. The zero-order valence-corrected chi connectivity index (χ0v) is 15.1. The first kappa shape index (κ1) is 17.1. The average molecular weight is 412 g/mol. The zero-order chi connectivity index (χ0) is 17.1. The van der Waals surface area contributed by atoms with Gasteiger partial charge in [0.2, 0.25) is 0 Å². The van der Waals surface area contributed by atoms with Crippen molar-refractivity contribution in [2.45, 2.75) is 25.5 Å². The summed E-state index contributed by atoms with van der Waals surface area (Å²) >= 11 is 4.61. The number of nitrogens with zero attached hydrogens (tertiary/aromatic N) is 1. The molecular formula is C17H15BrFNO3S. The largest absolute Gasteiger partial charge is 0.459 e. The Morgan fingerprint density at radius 3 is 2.92 bits per heavy atom. The van der Waals surface area contributed by atoms with Crippen LogP contribution < -0.4 is 0 Å². The lowest BCUT2D eigenvalue weighted by atomic mass is 10.2. The molecule has 2 heterocycles. The highest BCUT2D eigenvalue weighted by Crippen LogP contribution is 2.24. The molecule has 0 unspecified atom stereocenters. The van der Waals surface area contributed by atoms with Crippen LogP contribution in [-0.2, 0) is 16.1 Å². The van der Waals surface area contributed by atoms with E-state index in [1.54, 1.807) is 17.0 Å². The number of ether oxygens (including phenoxy) is 1. The van der Waals surface area contributed by atoms with Crippen LogP contribution in [0.4, 0.5) is 4.39 Å². The highest BCUT2D eigenvalue weighted by molar-refractivity contribution is 9.10. The van der Waals surface area contributed by atoms with E-state index in [2.05, 4.69) is 15.9 Å². The summed E-state index contributed by atoms with van der Waals surface area (Å²) in [4.78, 5) is 27.0. The van der Waals surface area contributed by atoms with Crippen LogP contribution in [0, 0.1) is 5.82 Å². The minimum atomic E-state index is -0.557. The predicted octanol–water partition coefficient (Wildman–Crippen LogP) is 4.00. The summed E-state index contributed by atoms with van der Waals surface area (Å²) in [6.07, 6.45) is 1.37. The fraction of sp³-hybridized carbons (Fsp3) is 0.294. The number of hydrogen-bond acceptors (Lipinski definition) is 4. The van der Waals surface area contributed by atoms with E-state index in [1.807, 2.05) is 11.4 Å². The van der Waals surface area contributed by atoms with Gasteiger partial charge in [-0.3, -0.25) is 4.79 Å². The average Bonchev–Trinajstić information content (AvgIpc) is 3.24.